The zero-order chi connectivity index (χ0) is 51.4. The number of furan rings is 2. The molecule has 6 heterocycles. The second-order valence-corrected chi connectivity index (χ2v) is 16.4. The fraction of sp³-hybridized carbons (Fsp3) is 0.400. The molecular weight excluding hydrogens is 977 g/mol. The second kappa shape index (κ2) is 23.8. The number of primary amides is 2. The largest absolute Gasteiger partial charge is 0.462 e. The minimum Gasteiger partial charge on any atom is -0.462 e. The van der Waals surface area contributed by atoms with Crippen LogP contribution in [0.1, 0.15) is 39.2 Å². The van der Waals surface area contributed by atoms with E-state index in [1.807, 2.05) is 0 Å². The molecule has 6 amide bonds. The molecule has 4 aliphatic rings. The number of rotatable bonds is 18. The van der Waals surface area contributed by atoms with Gasteiger partial charge in [-0.15, -0.1) is 23.5 Å². The lowest BCUT2D eigenvalue weighted by Gasteiger charge is -2.49. The number of hydrogen-bond donors (Lipinski definition) is 4. The van der Waals surface area contributed by atoms with Crippen molar-refractivity contribution >= 4 is 94.6 Å². The minimum atomic E-state index is -1.24. The number of fused-ring (bicyclic) bond motifs is 2. The standard InChI is InChI=1S/2C20H22N4O10S/c2*1-9(25)33-10(2)34-19(28)15-11(7-32-20(21)29)8-35-18-14(17(27)24(15)18)22-16(26)13(23-30-3)12-5-4-6-31-12/h2*4-6,10,14,18H,7-8H2,1-3H3,(H2,21,29)(H,22,26)/b2*23-13+/t2*10?,14-,18-/m11/s1. The molecule has 70 heavy (non-hydrogen) atoms. The smallest absolute Gasteiger partial charge is 0.404 e. The molecule has 6 rings (SSSR count). The van der Waals surface area contributed by atoms with Crippen LogP contribution in [0.2, 0.25) is 0 Å². The summed E-state index contributed by atoms with van der Waals surface area (Å²) in [7, 11) is 2.50. The van der Waals surface area contributed by atoms with Crippen molar-refractivity contribution in [2.75, 3.05) is 38.9 Å². The van der Waals surface area contributed by atoms with E-state index in [-0.39, 0.29) is 70.2 Å². The number of thioether (sulfide) groups is 2. The molecule has 2 saturated heterocycles. The number of oxime groups is 2. The maximum atomic E-state index is 13.0. The van der Waals surface area contributed by atoms with Crippen molar-refractivity contribution in [3.63, 3.8) is 0 Å². The van der Waals surface area contributed by atoms with Gasteiger partial charge in [0.1, 0.15) is 61.7 Å². The summed E-state index contributed by atoms with van der Waals surface area (Å²) in [5.74, 6) is -5.51. The lowest BCUT2D eigenvalue weighted by Crippen LogP contribution is -2.71. The molecule has 0 radical (unpaired) electrons. The van der Waals surface area contributed by atoms with Gasteiger partial charge in [-0.25, -0.2) is 19.2 Å². The summed E-state index contributed by atoms with van der Waals surface area (Å²) in [4.78, 5) is 133. The molecule has 6 atom stereocenters. The maximum absolute atomic E-state index is 13.0. The summed E-state index contributed by atoms with van der Waals surface area (Å²) < 4.78 is 39.8. The number of ether oxygens (including phenoxy) is 6. The van der Waals surface area contributed by atoms with E-state index in [4.69, 9.17) is 58.4 Å². The Hall–Kier alpha value is -8.02. The third-order valence-electron chi connectivity index (χ3n) is 9.35. The van der Waals surface area contributed by atoms with Gasteiger partial charge in [0.25, 0.3) is 23.6 Å². The zero-order valence-corrected chi connectivity index (χ0v) is 39.3. The molecular formula is C40H44N8O20S2. The predicted octanol–water partition coefficient (Wildman–Crippen LogP) is -0.337. The molecule has 0 aliphatic carbocycles. The number of nitrogens with one attached hydrogen (secondary N) is 2. The van der Waals surface area contributed by atoms with Gasteiger partial charge in [-0.05, 0) is 24.3 Å². The Morgan fingerprint density at radius 1 is 0.671 bits per heavy atom. The van der Waals surface area contributed by atoms with Crippen molar-refractivity contribution in [3.05, 3.63) is 70.9 Å². The fourth-order valence-corrected chi connectivity index (χ4v) is 9.29. The summed E-state index contributed by atoms with van der Waals surface area (Å²) >= 11 is 2.43. The predicted molar refractivity (Wildman–Crippen MR) is 234 cm³/mol. The van der Waals surface area contributed by atoms with Gasteiger partial charge in [0, 0.05) is 50.3 Å². The number of amides is 6. The highest BCUT2D eigenvalue weighted by Gasteiger charge is 2.56. The third-order valence-corrected chi connectivity index (χ3v) is 12.0. The molecule has 0 aromatic carbocycles. The van der Waals surface area contributed by atoms with Gasteiger partial charge in [0.2, 0.25) is 24.0 Å². The van der Waals surface area contributed by atoms with Crippen LogP contribution in [0.3, 0.4) is 0 Å². The van der Waals surface area contributed by atoms with E-state index in [1.54, 1.807) is 12.1 Å². The van der Waals surface area contributed by atoms with Crippen LogP contribution >= 0.6 is 23.5 Å². The Balaban J connectivity index is 0.000000261. The number of hydrogen-bond acceptors (Lipinski definition) is 24. The number of carbonyl (C=O) groups is 10. The highest BCUT2D eigenvalue weighted by Crippen LogP contribution is 2.42. The molecule has 0 bridgehead atoms. The SMILES string of the molecule is CO/N=C(/C(=O)N[C@@H]1C(=O)N2C(C(=O)OC(C)OC(C)=O)=C(COC(N)=O)CS[C@H]12)c1ccco1.CO/N=C(/C(=O)N[C@@H]1C(=O)N2C(C(=O)OC(C)OC(C)=O)=C(COC(N)=O)CS[C@H]12)c1ccco1. The number of carbonyl (C=O) groups excluding carboxylic acids is 10. The number of nitrogens with two attached hydrogens (primary N) is 2. The summed E-state index contributed by atoms with van der Waals surface area (Å²) in [6.45, 7) is 4.18. The van der Waals surface area contributed by atoms with E-state index in [0.717, 1.165) is 23.6 Å². The van der Waals surface area contributed by atoms with E-state index in [1.165, 1.54) is 76.2 Å². The van der Waals surface area contributed by atoms with Crippen LogP contribution in [-0.4, -0.2) is 155 Å². The first-order valence-electron chi connectivity index (χ1n) is 20.1. The van der Waals surface area contributed by atoms with Gasteiger partial charge in [0.15, 0.2) is 11.5 Å². The van der Waals surface area contributed by atoms with Crippen LogP contribution in [0.5, 0.6) is 0 Å². The highest BCUT2D eigenvalue weighted by molar-refractivity contribution is 8.00. The number of nitrogens with zero attached hydrogens (tertiary/aromatic N) is 4. The molecule has 2 aromatic heterocycles. The summed E-state index contributed by atoms with van der Waals surface area (Å²) in [5.41, 5.74) is 9.77. The topological polar surface area (TPSA) is 378 Å². The monoisotopic (exact) mass is 1020 g/mol. The van der Waals surface area contributed by atoms with E-state index in [0.29, 0.717) is 0 Å². The lowest BCUT2D eigenvalue weighted by atomic mass is 10.0. The summed E-state index contributed by atoms with van der Waals surface area (Å²) in [5, 5.41) is 11.1. The quantitative estimate of drug-likeness (QED) is 0.0371. The Labute approximate surface area is 403 Å². The van der Waals surface area contributed by atoms with Gasteiger partial charge >= 0.3 is 36.1 Å². The molecule has 4 aliphatic heterocycles. The molecule has 30 heteroatoms. The van der Waals surface area contributed by atoms with Crippen LogP contribution in [0.15, 0.2) is 78.5 Å². The van der Waals surface area contributed by atoms with E-state index >= 15 is 0 Å². The Morgan fingerprint density at radius 2 is 1.04 bits per heavy atom. The van der Waals surface area contributed by atoms with Crippen molar-refractivity contribution in [2.24, 2.45) is 21.8 Å². The molecule has 0 saturated carbocycles. The molecule has 0 spiro atoms. The average molecular weight is 1020 g/mol. The molecule has 2 unspecified atom stereocenters. The minimum absolute atomic E-state index is 0.124. The van der Waals surface area contributed by atoms with Crippen LogP contribution < -0.4 is 22.1 Å². The van der Waals surface area contributed by atoms with Gasteiger partial charge in [-0.1, -0.05) is 10.3 Å². The first-order valence-corrected chi connectivity index (χ1v) is 22.2. The van der Waals surface area contributed by atoms with E-state index in [2.05, 4.69) is 20.9 Å². The van der Waals surface area contributed by atoms with Crippen LogP contribution in [-0.2, 0) is 76.5 Å². The zero-order valence-electron chi connectivity index (χ0n) is 37.7. The number of esters is 4. The van der Waals surface area contributed by atoms with Gasteiger partial charge in [-0.2, -0.15) is 0 Å². The highest BCUT2D eigenvalue weighted by atomic mass is 32.2. The normalized spacial score (nSPS) is 20.3. The van der Waals surface area contributed by atoms with E-state index < -0.39 is 95.1 Å². The van der Waals surface area contributed by atoms with Gasteiger partial charge in [-0.3, -0.25) is 38.6 Å². The molecule has 28 nitrogen and oxygen atoms in total. The van der Waals surface area contributed by atoms with E-state index in [9.17, 15) is 47.9 Å². The van der Waals surface area contributed by atoms with Crippen LogP contribution in [0, 0.1) is 0 Å². The van der Waals surface area contributed by atoms with Gasteiger partial charge in [0.05, 0.1) is 12.5 Å². The lowest BCUT2D eigenvalue weighted by molar-refractivity contribution is -0.184. The van der Waals surface area contributed by atoms with Crippen molar-refractivity contribution in [3.8, 4) is 0 Å². The molecule has 2 aromatic rings. The van der Waals surface area contributed by atoms with Crippen molar-refractivity contribution in [1.29, 1.82) is 0 Å². The Bertz CT molecular complexity index is 2340. The molecule has 6 N–H and O–H groups in total. The van der Waals surface area contributed by atoms with Crippen molar-refractivity contribution in [1.82, 2.24) is 20.4 Å². The second-order valence-electron chi connectivity index (χ2n) is 14.2. The first kappa shape index (κ1) is 52.9. The van der Waals surface area contributed by atoms with Crippen molar-refractivity contribution in [2.45, 2.75) is 63.1 Å². The number of β-lactam (4-membered cyclic amide) rings is 2. The fourth-order valence-electron chi connectivity index (χ4n) is 6.64. The third kappa shape index (κ3) is 12.7. The first-order chi connectivity index (χ1) is 33.3. The molecule has 376 valence electrons. The summed E-state index contributed by atoms with van der Waals surface area (Å²) in [6, 6.07) is 4.06. The maximum Gasteiger partial charge on any atom is 0.404 e. The summed E-state index contributed by atoms with van der Waals surface area (Å²) in [6.07, 6.45) is -1.95. The van der Waals surface area contributed by atoms with Crippen molar-refractivity contribution < 1.29 is 94.9 Å². The Morgan fingerprint density at radius 3 is 1.34 bits per heavy atom. The Kier molecular flexibility index (Phi) is 18.0. The van der Waals surface area contributed by atoms with Crippen LogP contribution in [0.4, 0.5) is 9.59 Å². The van der Waals surface area contributed by atoms with Crippen LogP contribution in [0.25, 0.3) is 0 Å². The average Bonchev–Trinajstić information content (AvgIpc) is 4.04. The van der Waals surface area contributed by atoms with Gasteiger partial charge < -0.3 is 69.0 Å². The molecule has 2 fully saturated rings.